The average Bonchev–Trinajstić information content (AvgIpc) is 3.18. The van der Waals surface area contributed by atoms with Crippen LogP contribution < -0.4 is 5.32 Å². The Labute approximate surface area is 171 Å². The third kappa shape index (κ3) is 4.55. The van der Waals surface area contributed by atoms with Gasteiger partial charge in [0.25, 0.3) is 5.91 Å². The van der Waals surface area contributed by atoms with Crippen molar-refractivity contribution in [2.24, 2.45) is 0 Å². The van der Waals surface area contributed by atoms with Crippen molar-refractivity contribution < 1.29 is 30.8 Å². The van der Waals surface area contributed by atoms with Crippen molar-refractivity contribution in [3.8, 4) is 11.3 Å². The van der Waals surface area contributed by atoms with Crippen LogP contribution in [0.3, 0.4) is 0 Å². The van der Waals surface area contributed by atoms with E-state index in [0.717, 1.165) is 16.4 Å². The van der Waals surface area contributed by atoms with Gasteiger partial charge in [0.1, 0.15) is 5.76 Å². The van der Waals surface area contributed by atoms with Gasteiger partial charge in [0.2, 0.25) is 10.0 Å². The molecule has 0 bridgehead atoms. The number of sulfonamides is 1. The molecule has 2 aromatic carbocycles. The van der Waals surface area contributed by atoms with Crippen LogP contribution in [-0.2, 0) is 16.2 Å². The van der Waals surface area contributed by atoms with Crippen LogP contribution in [0.25, 0.3) is 11.3 Å². The predicted octanol–water partition coefficient (Wildman–Crippen LogP) is 4.47. The molecule has 1 amide bonds. The van der Waals surface area contributed by atoms with Gasteiger partial charge in [-0.3, -0.25) is 4.79 Å². The molecule has 0 aliphatic heterocycles. The molecular weight excluding hydrogens is 421 g/mol. The molecule has 0 radical (unpaired) electrons. The molecule has 30 heavy (non-hydrogen) atoms. The summed E-state index contributed by atoms with van der Waals surface area (Å²) in [5, 5.41) is 2.55. The molecular formula is C20H17F3N2O4S. The van der Waals surface area contributed by atoms with Crippen LogP contribution in [0.4, 0.5) is 18.9 Å². The first kappa shape index (κ1) is 21.6. The van der Waals surface area contributed by atoms with E-state index >= 15 is 0 Å². The van der Waals surface area contributed by atoms with Gasteiger partial charge >= 0.3 is 6.18 Å². The number of alkyl halides is 3. The molecule has 3 aromatic rings. The smallest absolute Gasteiger partial charge is 0.416 e. The summed E-state index contributed by atoms with van der Waals surface area (Å²) in [7, 11) is -0.780. The quantitative estimate of drug-likeness (QED) is 0.638. The molecule has 0 aliphatic carbocycles. The SMILES string of the molecule is CN(C)S(=O)(=O)c1ccc(NC(=O)c2ccc(-c3cccc(C(F)(F)F)c3)o2)cc1. The number of nitrogens with zero attached hydrogens (tertiary/aromatic N) is 1. The molecule has 0 saturated heterocycles. The first-order valence-electron chi connectivity index (χ1n) is 8.60. The molecule has 0 aliphatic rings. The van der Waals surface area contributed by atoms with Crippen molar-refractivity contribution in [1.29, 1.82) is 0 Å². The zero-order chi connectivity index (χ0) is 22.1. The van der Waals surface area contributed by atoms with E-state index in [1.54, 1.807) is 0 Å². The van der Waals surface area contributed by atoms with E-state index in [1.807, 2.05) is 0 Å². The Kier molecular flexibility index (Phi) is 5.73. The molecule has 6 nitrogen and oxygen atoms in total. The van der Waals surface area contributed by atoms with E-state index in [0.29, 0.717) is 5.69 Å². The minimum Gasteiger partial charge on any atom is -0.451 e. The second-order valence-electron chi connectivity index (χ2n) is 6.51. The Hall–Kier alpha value is -3.11. The van der Waals surface area contributed by atoms with Crippen LogP contribution in [0.5, 0.6) is 0 Å². The molecule has 0 fully saturated rings. The molecule has 158 valence electrons. The fourth-order valence-electron chi connectivity index (χ4n) is 2.58. The van der Waals surface area contributed by atoms with Crippen LogP contribution in [0.2, 0.25) is 0 Å². The van der Waals surface area contributed by atoms with Gasteiger partial charge in [-0.15, -0.1) is 0 Å². The van der Waals surface area contributed by atoms with E-state index < -0.39 is 27.7 Å². The van der Waals surface area contributed by atoms with Gasteiger partial charge in [0.05, 0.1) is 10.5 Å². The lowest BCUT2D eigenvalue weighted by molar-refractivity contribution is -0.137. The highest BCUT2D eigenvalue weighted by Gasteiger charge is 2.30. The largest absolute Gasteiger partial charge is 0.451 e. The summed E-state index contributed by atoms with van der Waals surface area (Å²) in [4.78, 5) is 12.4. The van der Waals surface area contributed by atoms with E-state index in [9.17, 15) is 26.4 Å². The van der Waals surface area contributed by atoms with Crippen molar-refractivity contribution in [3.05, 3.63) is 72.0 Å². The van der Waals surface area contributed by atoms with Crippen molar-refractivity contribution in [3.63, 3.8) is 0 Å². The zero-order valence-corrected chi connectivity index (χ0v) is 16.7. The number of furan rings is 1. The lowest BCUT2D eigenvalue weighted by Crippen LogP contribution is -2.22. The predicted molar refractivity (Wildman–Crippen MR) is 104 cm³/mol. The standard InChI is InChI=1S/C20H17F3N2O4S/c1-25(2)30(27,28)16-8-6-15(7-9-16)24-19(26)18-11-10-17(29-18)13-4-3-5-14(12-13)20(21,22)23/h3-12H,1-2H3,(H,24,26). The summed E-state index contributed by atoms with van der Waals surface area (Å²) in [6.45, 7) is 0. The van der Waals surface area contributed by atoms with Crippen molar-refractivity contribution in [1.82, 2.24) is 4.31 Å². The number of amides is 1. The maximum absolute atomic E-state index is 12.9. The van der Waals surface area contributed by atoms with E-state index in [-0.39, 0.29) is 22.0 Å². The van der Waals surface area contributed by atoms with Gasteiger partial charge in [-0.25, -0.2) is 12.7 Å². The molecule has 1 N–H and O–H groups in total. The van der Waals surface area contributed by atoms with Gasteiger partial charge in [-0.05, 0) is 48.5 Å². The summed E-state index contributed by atoms with van der Waals surface area (Å²) in [6, 6.07) is 12.9. The molecule has 3 rings (SSSR count). The van der Waals surface area contributed by atoms with Gasteiger partial charge in [0, 0.05) is 25.3 Å². The third-order valence-electron chi connectivity index (χ3n) is 4.19. The Balaban J connectivity index is 1.76. The fourth-order valence-corrected chi connectivity index (χ4v) is 3.48. The zero-order valence-electron chi connectivity index (χ0n) is 15.9. The summed E-state index contributed by atoms with van der Waals surface area (Å²) in [5.41, 5.74) is -0.313. The topological polar surface area (TPSA) is 79.6 Å². The van der Waals surface area contributed by atoms with Crippen LogP contribution >= 0.6 is 0 Å². The summed E-state index contributed by atoms with van der Waals surface area (Å²) in [6.07, 6.45) is -4.49. The second-order valence-corrected chi connectivity index (χ2v) is 8.66. The number of benzene rings is 2. The first-order valence-corrected chi connectivity index (χ1v) is 10.0. The number of hydrogen-bond donors (Lipinski definition) is 1. The highest BCUT2D eigenvalue weighted by Crippen LogP contribution is 2.32. The van der Waals surface area contributed by atoms with Crippen molar-refractivity contribution >= 4 is 21.6 Å². The van der Waals surface area contributed by atoms with Crippen molar-refractivity contribution in [2.75, 3.05) is 19.4 Å². The van der Waals surface area contributed by atoms with E-state index in [1.165, 1.54) is 62.6 Å². The lowest BCUT2D eigenvalue weighted by atomic mass is 10.1. The second kappa shape index (κ2) is 7.96. The molecule has 0 spiro atoms. The van der Waals surface area contributed by atoms with Crippen molar-refractivity contribution in [2.45, 2.75) is 11.1 Å². The number of nitrogens with one attached hydrogen (secondary N) is 1. The molecule has 10 heteroatoms. The Morgan fingerprint density at radius 2 is 1.67 bits per heavy atom. The van der Waals surface area contributed by atoms with Gasteiger partial charge in [-0.2, -0.15) is 13.2 Å². The van der Waals surface area contributed by atoms with Crippen LogP contribution in [0.1, 0.15) is 16.1 Å². The number of anilines is 1. The summed E-state index contributed by atoms with van der Waals surface area (Å²) < 4.78 is 69.2. The molecule has 1 aromatic heterocycles. The minimum atomic E-state index is -4.49. The van der Waals surface area contributed by atoms with Crippen LogP contribution in [-0.4, -0.2) is 32.7 Å². The molecule has 0 saturated carbocycles. The Morgan fingerprint density at radius 3 is 2.27 bits per heavy atom. The third-order valence-corrected chi connectivity index (χ3v) is 6.02. The number of carbonyl (C=O) groups excluding carboxylic acids is 1. The fraction of sp³-hybridized carbons (Fsp3) is 0.150. The number of rotatable bonds is 5. The maximum Gasteiger partial charge on any atom is 0.416 e. The summed E-state index contributed by atoms with van der Waals surface area (Å²) in [5.74, 6) is -0.623. The van der Waals surface area contributed by atoms with Gasteiger partial charge < -0.3 is 9.73 Å². The number of hydrogen-bond acceptors (Lipinski definition) is 4. The monoisotopic (exact) mass is 438 g/mol. The van der Waals surface area contributed by atoms with Crippen LogP contribution in [0, 0.1) is 0 Å². The average molecular weight is 438 g/mol. The number of carbonyl (C=O) groups is 1. The van der Waals surface area contributed by atoms with Gasteiger partial charge in [-0.1, -0.05) is 12.1 Å². The van der Waals surface area contributed by atoms with Crippen LogP contribution in [0.15, 0.2) is 70.0 Å². The summed E-state index contributed by atoms with van der Waals surface area (Å²) >= 11 is 0. The maximum atomic E-state index is 12.9. The lowest BCUT2D eigenvalue weighted by Gasteiger charge is -2.11. The Bertz CT molecular complexity index is 1170. The highest BCUT2D eigenvalue weighted by atomic mass is 32.2. The number of halogens is 3. The molecule has 0 atom stereocenters. The minimum absolute atomic E-state index is 0.0651. The van der Waals surface area contributed by atoms with E-state index in [2.05, 4.69) is 5.32 Å². The normalized spacial score (nSPS) is 12.2. The first-order chi connectivity index (χ1) is 14.0. The Morgan fingerprint density at radius 1 is 1.00 bits per heavy atom. The highest BCUT2D eigenvalue weighted by molar-refractivity contribution is 7.89. The van der Waals surface area contributed by atoms with E-state index in [4.69, 9.17) is 4.42 Å². The molecule has 0 unspecified atom stereocenters. The molecule has 1 heterocycles. The van der Waals surface area contributed by atoms with Gasteiger partial charge in [0.15, 0.2) is 5.76 Å².